The fraction of sp³-hybridized carbons (Fsp3) is 0.360. The lowest BCUT2D eigenvalue weighted by Gasteiger charge is -2.20. The number of rotatable bonds is 11. The molecule has 3 aromatic rings. The van der Waals surface area contributed by atoms with Crippen molar-refractivity contribution >= 4 is 23.4 Å². The maximum atomic E-state index is 13.3. The molecule has 0 aliphatic carbocycles. The van der Waals surface area contributed by atoms with Crippen LogP contribution < -0.4 is 16.3 Å². The van der Waals surface area contributed by atoms with Gasteiger partial charge in [-0.2, -0.15) is 26.3 Å². The molecular weight excluding hydrogens is 641 g/mol. The summed E-state index contributed by atoms with van der Waals surface area (Å²) in [6.07, 6.45) is -16.0. The predicted molar refractivity (Wildman–Crippen MR) is 135 cm³/mol. The van der Waals surface area contributed by atoms with Gasteiger partial charge in [-0.1, -0.05) is 23.7 Å². The van der Waals surface area contributed by atoms with E-state index in [0.717, 1.165) is 12.1 Å². The summed E-state index contributed by atoms with van der Waals surface area (Å²) >= 11 is 5.84. The molecule has 0 bridgehead atoms. The highest BCUT2D eigenvalue weighted by molar-refractivity contribution is 6.30. The van der Waals surface area contributed by atoms with Gasteiger partial charge in [-0.05, 0) is 42.0 Å². The van der Waals surface area contributed by atoms with Crippen molar-refractivity contribution in [3.8, 4) is 11.4 Å². The van der Waals surface area contributed by atoms with E-state index in [0.29, 0.717) is 21.4 Å². The minimum absolute atomic E-state index is 0.162. The third kappa shape index (κ3) is 10.0. The number of carbonyl (C=O) groups is 2. The topological polar surface area (TPSA) is 107 Å². The fourth-order valence-corrected chi connectivity index (χ4v) is 3.90. The van der Waals surface area contributed by atoms with Crippen LogP contribution in [0.2, 0.25) is 5.02 Å². The van der Waals surface area contributed by atoms with Gasteiger partial charge in [0.25, 0.3) is 0 Å². The molecule has 0 fully saturated rings. The Hall–Kier alpha value is -4.06. The van der Waals surface area contributed by atoms with E-state index in [4.69, 9.17) is 11.6 Å². The van der Waals surface area contributed by atoms with E-state index in [9.17, 15) is 53.9 Å². The Kier molecular flexibility index (Phi) is 10.7. The Morgan fingerprint density at radius 2 is 1.64 bits per heavy atom. The van der Waals surface area contributed by atoms with Gasteiger partial charge in [0, 0.05) is 23.7 Å². The molecule has 44 heavy (non-hydrogen) atoms. The number of aromatic nitrogens is 3. The predicted octanol–water partition coefficient (Wildman–Crippen LogP) is 4.85. The molecule has 2 amide bonds. The van der Waals surface area contributed by atoms with Crippen molar-refractivity contribution in [1.82, 2.24) is 25.0 Å². The zero-order chi connectivity index (χ0) is 32.9. The second-order valence-electron chi connectivity index (χ2n) is 9.00. The van der Waals surface area contributed by atoms with Crippen LogP contribution in [0.4, 0.5) is 39.5 Å². The van der Waals surface area contributed by atoms with Crippen molar-refractivity contribution in [3.05, 3.63) is 75.2 Å². The summed E-state index contributed by atoms with van der Waals surface area (Å²) in [5.41, 5.74) is -2.63. The number of carbonyl (C=O) groups excluding carboxylic acids is 2. The van der Waals surface area contributed by atoms with Gasteiger partial charge < -0.3 is 10.6 Å². The number of benzene rings is 2. The van der Waals surface area contributed by atoms with Crippen molar-refractivity contribution in [1.29, 1.82) is 0 Å². The minimum atomic E-state index is -5.03. The van der Waals surface area contributed by atoms with Crippen molar-refractivity contribution in [3.63, 3.8) is 0 Å². The molecule has 1 unspecified atom stereocenters. The number of nitrogens with one attached hydrogen (secondary N) is 2. The molecule has 2 N–H and O–H groups in total. The average molecular weight is 662 g/mol. The van der Waals surface area contributed by atoms with E-state index >= 15 is 0 Å². The molecule has 0 spiro atoms. The van der Waals surface area contributed by atoms with Gasteiger partial charge in [0.2, 0.25) is 11.8 Å². The summed E-state index contributed by atoms with van der Waals surface area (Å²) in [4.78, 5) is 38.7. The SMILES string of the molecule is O=C(Cn1nc(-c2ccc(Cl)cc2)n(CCC(F)(F)F)c1=O)NC(C(=O)NCCOC(F)(F)F)c1cccc(C(F)(F)F)c1. The molecule has 3 rings (SSSR count). The van der Waals surface area contributed by atoms with Gasteiger partial charge >= 0.3 is 24.4 Å². The van der Waals surface area contributed by atoms with Crippen LogP contribution in [-0.4, -0.2) is 51.9 Å². The molecule has 1 aromatic heterocycles. The first-order chi connectivity index (χ1) is 20.3. The molecule has 0 radical (unpaired) electrons. The van der Waals surface area contributed by atoms with Crippen LogP contribution in [0.5, 0.6) is 0 Å². The highest BCUT2D eigenvalue weighted by atomic mass is 35.5. The monoisotopic (exact) mass is 661 g/mol. The second kappa shape index (κ2) is 13.7. The standard InChI is InChI=1S/C25H21ClF9N5O4/c26-17-6-4-14(5-7-17)20-38-40(22(43)39(20)10-8-23(27,28)29)13-18(41)37-19(21(42)36-9-11-44-25(33,34)35)15-2-1-3-16(12-15)24(30,31)32/h1-7,12,19H,8-11,13H2,(H,36,42)(H,37,41). The Labute approximate surface area is 246 Å². The normalized spacial score (nSPS) is 13.0. The van der Waals surface area contributed by atoms with Crippen LogP contribution in [0.1, 0.15) is 23.6 Å². The minimum Gasteiger partial charge on any atom is -0.352 e. The number of ether oxygens (including phenoxy) is 1. The van der Waals surface area contributed by atoms with Crippen LogP contribution >= 0.6 is 11.6 Å². The average Bonchev–Trinajstić information content (AvgIpc) is 3.22. The number of hydrogen-bond acceptors (Lipinski definition) is 5. The zero-order valence-corrected chi connectivity index (χ0v) is 22.7. The van der Waals surface area contributed by atoms with E-state index in [2.05, 4.69) is 15.2 Å². The van der Waals surface area contributed by atoms with Crippen LogP contribution in [-0.2, 0) is 33.6 Å². The van der Waals surface area contributed by atoms with Gasteiger partial charge in [0.15, 0.2) is 5.82 Å². The number of halogens is 10. The summed E-state index contributed by atoms with van der Waals surface area (Å²) in [7, 11) is 0. The zero-order valence-electron chi connectivity index (χ0n) is 22.0. The largest absolute Gasteiger partial charge is 0.522 e. The molecule has 2 aromatic carbocycles. The first kappa shape index (κ1) is 34.4. The first-order valence-electron chi connectivity index (χ1n) is 12.3. The summed E-state index contributed by atoms with van der Waals surface area (Å²) in [6, 6.07) is 6.69. The third-order valence-electron chi connectivity index (χ3n) is 5.72. The van der Waals surface area contributed by atoms with Gasteiger partial charge in [-0.25, -0.2) is 9.48 Å². The number of nitrogens with zero attached hydrogens (tertiary/aromatic N) is 3. The molecule has 0 saturated heterocycles. The van der Waals surface area contributed by atoms with E-state index in [1.807, 2.05) is 5.32 Å². The van der Waals surface area contributed by atoms with Gasteiger partial charge in [-0.15, -0.1) is 18.3 Å². The van der Waals surface area contributed by atoms with Crippen molar-refractivity contribution in [2.45, 2.75) is 44.3 Å². The molecule has 0 saturated carbocycles. The van der Waals surface area contributed by atoms with E-state index in [-0.39, 0.29) is 16.4 Å². The fourth-order valence-electron chi connectivity index (χ4n) is 3.78. The van der Waals surface area contributed by atoms with Crippen LogP contribution in [0.3, 0.4) is 0 Å². The van der Waals surface area contributed by atoms with Crippen molar-refractivity contribution < 1.29 is 53.8 Å². The maximum Gasteiger partial charge on any atom is 0.522 e. The molecule has 9 nitrogen and oxygen atoms in total. The molecule has 240 valence electrons. The van der Waals surface area contributed by atoms with E-state index < -0.39 is 86.0 Å². The quantitative estimate of drug-likeness (QED) is 0.226. The molecule has 0 aliphatic heterocycles. The Balaban J connectivity index is 1.90. The summed E-state index contributed by atoms with van der Waals surface area (Å²) in [5, 5.41) is 8.28. The number of alkyl halides is 9. The van der Waals surface area contributed by atoms with Crippen LogP contribution in [0.15, 0.2) is 53.3 Å². The van der Waals surface area contributed by atoms with Crippen molar-refractivity contribution in [2.24, 2.45) is 0 Å². The Morgan fingerprint density at radius 1 is 0.977 bits per heavy atom. The molecule has 19 heteroatoms. The lowest BCUT2D eigenvalue weighted by Crippen LogP contribution is -2.43. The van der Waals surface area contributed by atoms with Crippen LogP contribution in [0, 0.1) is 0 Å². The van der Waals surface area contributed by atoms with Crippen molar-refractivity contribution in [2.75, 3.05) is 13.2 Å². The van der Waals surface area contributed by atoms with Gasteiger partial charge in [0.1, 0.15) is 12.6 Å². The molecule has 1 heterocycles. The van der Waals surface area contributed by atoms with E-state index in [1.165, 1.54) is 24.3 Å². The Morgan fingerprint density at radius 3 is 2.23 bits per heavy atom. The third-order valence-corrected chi connectivity index (χ3v) is 5.97. The first-order valence-corrected chi connectivity index (χ1v) is 12.7. The highest BCUT2D eigenvalue weighted by Crippen LogP contribution is 2.31. The molecule has 0 aliphatic rings. The Bertz CT molecular complexity index is 1520. The van der Waals surface area contributed by atoms with E-state index in [1.54, 1.807) is 0 Å². The molecule has 1 atom stereocenters. The lowest BCUT2D eigenvalue weighted by atomic mass is 10.0. The van der Waals surface area contributed by atoms with Crippen LogP contribution in [0.25, 0.3) is 11.4 Å². The number of hydrogen-bond donors (Lipinski definition) is 2. The van der Waals surface area contributed by atoms with Gasteiger partial charge in [-0.3, -0.25) is 18.9 Å². The second-order valence-corrected chi connectivity index (χ2v) is 9.43. The smallest absolute Gasteiger partial charge is 0.352 e. The molecular formula is C25H21ClF9N5O4. The summed E-state index contributed by atoms with van der Waals surface area (Å²) < 4.78 is 120. The summed E-state index contributed by atoms with van der Waals surface area (Å²) in [6.45, 7) is -3.69. The number of amides is 2. The highest BCUT2D eigenvalue weighted by Gasteiger charge is 2.33. The summed E-state index contributed by atoms with van der Waals surface area (Å²) in [5.74, 6) is -2.69. The van der Waals surface area contributed by atoms with Gasteiger partial charge in [0.05, 0.1) is 18.6 Å². The lowest BCUT2D eigenvalue weighted by molar-refractivity contribution is -0.323. The maximum absolute atomic E-state index is 13.3.